The van der Waals surface area contributed by atoms with Crippen LogP contribution < -0.4 is 10.2 Å². The van der Waals surface area contributed by atoms with Crippen LogP contribution in [-0.2, 0) is 0 Å². The number of anilines is 1. The Balaban J connectivity index is 1.87. The molecule has 0 aromatic heterocycles. The van der Waals surface area contributed by atoms with Crippen molar-refractivity contribution in [3.8, 4) is 6.07 Å². The normalized spacial score (nSPS) is 26.8. The Labute approximate surface area is 112 Å². The van der Waals surface area contributed by atoms with E-state index in [1.54, 1.807) is 6.07 Å². The standard InChI is InChI=1S/C14H16ClN3/c15-13-2-1-10(6-16)14(5-13)18-4-3-11-7-17-8-12(11)9-18/h1-2,5,11-12,17H,3-4,7-9H2. The van der Waals surface area contributed by atoms with Gasteiger partial charge in [-0.25, -0.2) is 0 Å². The van der Waals surface area contributed by atoms with Crippen molar-refractivity contribution >= 4 is 17.3 Å². The molecule has 0 spiro atoms. The number of nitriles is 1. The minimum absolute atomic E-state index is 0.704. The highest BCUT2D eigenvalue weighted by atomic mass is 35.5. The molecule has 2 heterocycles. The number of hydrogen-bond acceptors (Lipinski definition) is 3. The average molecular weight is 262 g/mol. The Hall–Kier alpha value is -1.24. The van der Waals surface area contributed by atoms with Crippen LogP contribution in [0.2, 0.25) is 5.02 Å². The van der Waals surface area contributed by atoms with Crippen molar-refractivity contribution in [2.45, 2.75) is 6.42 Å². The molecule has 0 saturated carbocycles. The highest BCUT2D eigenvalue weighted by Gasteiger charge is 2.33. The maximum Gasteiger partial charge on any atom is 0.101 e. The summed E-state index contributed by atoms with van der Waals surface area (Å²) in [6.07, 6.45) is 1.20. The van der Waals surface area contributed by atoms with Crippen molar-refractivity contribution in [2.75, 3.05) is 31.1 Å². The summed E-state index contributed by atoms with van der Waals surface area (Å²) in [5, 5.41) is 13.4. The van der Waals surface area contributed by atoms with E-state index in [0.29, 0.717) is 10.9 Å². The van der Waals surface area contributed by atoms with Crippen LogP contribution in [0.15, 0.2) is 18.2 Å². The largest absolute Gasteiger partial charge is 0.370 e. The Bertz CT molecular complexity index is 494. The number of fused-ring (bicyclic) bond motifs is 1. The molecule has 0 aliphatic carbocycles. The fourth-order valence-corrected chi connectivity index (χ4v) is 3.28. The third-order valence-electron chi connectivity index (χ3n) is 4.13. The van der Waals surface area contributed by atoms with Gasteiger partial charge >= 0.3 is 0 Å². The second-order valence-electron chi connectivity index (χ2n) is 5.19. The summed E-state index contributed by atoms with van der Waals surface area (Å²) in [7, 11) is 0. The molecule has 3 nitrogen and oxygen atoms in total. The van der Waals surface area contributed by atoms with Crippen molar-refractivity contribution < 1.29 is 0 Å². The van der Waals surface area contributed by atoms with E-state index < -0.39 is 0 Å². The molecular weight excluding hydrogens is 246 g/mol. The van der Waals surface area contributed by atoms with Gasteiger partial charge in [-0.2, -0.15) is 5.26 Å². The van der Waals surface area contributed by atoms with Crippen LogP contribution in [-0.4, -0.2) is 26.2 Å². The first kappa shape index (κ1) is 11.8. The summed E-state index contributed by atoms with van der Waals surface area (Å²) >= 11 is 6.06. The molecule has 18 heavy (non-hydrogen) atoms. The van der Waals surface area contributed by atoms with E-state index in [0.717, 1.165) is 43.3 Å². The van der Waals surface area contributed by atoms with Crippen LogP contribution in [0.3, 0.4) is 0 Å². The van der Waals surface area contributed by atoms with Gasteiger partial charge in [0.1, 0.15) is 6.07 Å². The number of hydrogen-bond donors (Lipinski definition) is 1. The number of nitrogens with zero attached hydrogens (tertiary/aromatic N) is 2. The minimum Gasteiger partial charge on any atom is -0.370 e. The van der Waals surface area contributed by atoms with Gasteiger partial charge in [0.25, 0.3) is 0 Å². The third kappa shape index (κ3) is 2.07. The van der Waals surface area contributed by atoms with Gasteiger partial charge in [-0.1, -0.05) is 11.6 Å². The van der Waals surface area contributed by atoms with E-state index in [1.165, 1.54) is 6.42 Å². The topological polar surface area (TPSA) is 39.1 Å². The molecule has 2 atom stereocenters. The lowest BCUT2D eigenvalue weighted by Gasteiger charge is -2.36. The van der Waals surface area contributed by atoms with Crippen molar-refractivity contribution in [1.82, 2.24) is 5.32 Å². The van der Waals surface area contributed by atoms with Crippen LogP contribution in [0.5, 0.6) is 0 Å². The van der Waals surface area contributed by atoms with Gasteiger partial charge in [0.05, 0.1) is 11.3 Å². The molecular formula is C14H16ClN3. The summed E-state index contributed by atoms with van der Waals surface area (Å²) < 4.78 is 0. The smallest absolute Gasteiger partial charge is 0.101 e. The lowest BCUT2D eigenvalue weighted by Crippen LogP contribution is -2.40. The Morgan fingerprint density at radius 1 is 1.33 bits per heavy atom. The number of rotatable bonds is 1. The minimum atomic E-state index is 0.704. The molecule has 2 unspecified atom stereocenters. The van der Waals surface area contributed by atoms with Gasteiger partial charge in [-0.15, -0.1) is 0 Å². The summed E-state index contributed by atoms with van der Waals surface area (Å²) in [5.74, 6) is 1.52. The highest BCUT2D eigenvalue weighted by Crippen LogP contribution is 2.32. The summed E-state index contributed by atoms with van der Waals surface area (Å²) in [6.45, 7) is 4.31. The molecule has 1 aromatic rings. The lowest BCUT2D eigenvalue weighted by molar-refractivity contribution is 0.349. The number of halogens is 1. The number of benzene rings is 1. The third-order valence-corrected chi connectivity index (χ3v) is 4.36. The predicted octanol–water partition coefficient (Wildman–Crippen LogP) is 2.26. The SMILES string of the molecule is N#Cc1ccc(Cl)cc1N1CCC2CNCC2C1. The van der Waals surface area contributed by atoms with Gasteiger partial charge in [0.2, 0.25) is 0 Å². The maximum absolute atomic E-state index is 9.20. The van der Waals surface area contributed by atoms with Gasteiger partial charge in [-0.3, -0.25) is 0 Å². The molecule has 3 rings (SSSR count). The molecule has 2 aliphatic rings. The van der Waals surface area contributed by atoms with E-state index in [2.05, 4.69) is 16.3 Å². The van der Waals surface area contributed by atoms with Crippen LogP contribution >= 0.6 is 11.6 Å². The molecule has 0 amide bonds. The van der Waals surface area contributed by atoms with E-state index in [4.69, 9.17) is 11.6 Å². The summed E-state index contributed by atoms with van der Waals surface area (Å²) in [6, 6.07) is 7.78. The van der Waals surface area contributed by atoms with Gasteiger partial charge in [0.15, 0.2) is 0 Å². The van der Waals surface area contributed by atoms with Crippen LogP contribution in [0, 0.1) is 23.2 Å². The predicted molar refractivity (Wildman–Crippen MR) is 72.8 cm³/mol. The molecule has 2 saturated heterocycles. The molecule has 2 fully saturated rings. The Kier molecular flexibility index (Phi) is 3.15. The Morgan fingerprint density at radius 3 is 3.00 bits per heavy atom. The quantitative estimate of drug-likeness (QED) is 0.843. The zero-order valence-electron chi connectivity index (χ0n) is 10.2. The van der Waals surface area contributed by atoms with E-state index in [9.17, 15) is 5.26 Å². The van der Waals surface area contributed by atoms with Crippen LogP contribution in [0.4, 0.5) is 5.69 Å². The first-order valence-electron chi connectivity index (χ1n) is 6.43. The fourth-order valence-electron chi connectivity index (χ4n) is 3.11. The van der Waals surface area contributed by atoms with E-state index in [-0.39, 0.29) is 0 Å². The van der Waals surface area contributed by atoms with E-state index in [1.807, 2.05) is 12.1 Å². The Morgan fingerprint density at radius 2 is 2.17 bits per heavy atom. The van der Waals surface area contributed by atoms with Gasteiger partial charge in [0, 0.05) is 18.1 Å². The van der Waals surface area contributed by atoms with Crippen LogP contribution in [0.1, 0.15) is 12.0 Å². The first-order valence-corrected chi connectivity index (χ1v) is 6.81. The van der Waals surface area contributed by atoms with Crippen molar-refractivity contribution in [1.29, 1.82) is 5.26 Å². The van der Waals surface area contributed by atoms with Crippen molar-refractivity contribution in [3.05, 3.63) is 28.8 Å². The first-order chi connectivity index (χ1) is 8.78. The lowest BCUT2D eigenvalue weighted by atomic mass is 9.88. The molecule has 94 valence electrons. The monoisotopic (exact) mass is 261 g/mol. The summed E-state index contributed by atoms with van der Waals surface area (Å²) in [5.41, 5.74) is 1.72. The molecule has 0 radical (unpaired) electrons. The zero-order chi connectivity index (χ0) is 12.5. The number of piperidine rings is 1. The van der Waals surface area contributed by atoms with Gasteiger partial charge < -0.3 is 10.2 Å². The molecule has 1 N–H and O–H groups in total. The fraction of sp³-hybridized carbons (Fsp3) is 0.500. The second-order valence-corrected chi connectivity index (χ2v) is 5.62. The van der Waals surface area contributed by atoms with Crippen LogP contribution in [0.25, 0.3) is 0 Å². The molecule has 0 bridgehead atoms. The van der Waals surface area contributed by atoms with Crippen molar-refractivity contribution in [3.63, 3.8) is 0 Å². The number of nitrogens with one attached hydrogen (secondary N) is 1. The highest BCUT2D eigenvalue weighted by molar-refractivity contribution is 6.30. The zero-order valence-corrected chi connectivity index (χ0v) is 11.0. The van der Waals surface area contributed by atoms with E-state index >= 15 is 0 Å². The maximum atomic E-state index is 9.20. The molecule has 4 heteroatoms. The van der Waals surface area contributed by atoms with Gasteiger partial charge in [-0.05, 0) is 49.5 Å². The second kappa shape index (κ2) is 4.79. The van der Waals surface area contributed by atoms with Crippen molar-refractivity contribution in [2.24, 2.45) is 11.8 Å². The average Bonchev–Trinajstić information content (AvgIpc) is 2.85. The molecule has 2 aliphatic heterocycles. The summed E-state index contributed by atoms with van der Waals surface area (Å²) in [4.78, 5) is 2.32. The molecule has 1 aromatic carbocycles.